The normalized spacial score (nSPS) is 10.8. The molecule has 0 unspecified atom stereocenters. The number of rotatable bonds is 8. The zero-order valence-corrected chi connectivity index (χ0v) is 12.7. The van der Waals surface area contributed by atoms with E-state index in [0.29, 0.717) is 31.1 Å². The molecule has 6 nitrogen and oxygen atoms in total. The number of amides is 1. The zero-order valence-electron chi connectivity index (χ0n) is 12.7. The number of carbonyl (C=O) groups excluding carboxylic acids is 1. The van der Waals surface area contributed by atoms with Crippen LogP contribution in [0.4, 0.5) is 0 Å². The predicted octanol–water partition coefficient (Wildman–Crippen LogP) is 0.874. The van der Waals surface area contributed by atoms with Gasteiger partial charge in [-0.2, -0.15) is 0 Å². The number of carbonyl (C=O) groups is 1. The molecule has 2 N–H and O–H groups in total. The summed E-state index contributed by atoms with van der Waals surface area (Å²) in [5.74, 6) is 0.756. The lowest BCUT2D eigenvalue weighted by Gasteiger charge is -2.12. The average Bonchev–Trinajstić information content (AvgIpc) is 2.42. The van der Waals surface area contributed by atoms with Gasteiger partial charge in [0.25, 0.3) is 5.91 Å². The second kappa shape index (κ2) is 8.60. The van der Waals surface area contributed by atoms with Gasteiger partial charge in [0.15, 0.2) is 0 Å². The van der Waals surface area contributed by atoms with Crippen LogP contribution >= 0.6 is 0 Å². The molecule has 1 aromatic heterocycles. The van der Waals surface area contributed by atoms with Gasteiger partial charge < -0.3 is 15.4 Å². The minimum absolute atomic E-state index is 0.123. The molecular formula is C14H24N4O2. The Morgan fingerprint density at radius 3 is 2.75 bits per heavy atom. The molecule has 6 heteroatoms. The molecule has 112 valence electrons. The first kappa shape index (κ1) is 16.5. The Balaban J connectivity index is 2.51. The van der Waals surface area contributed by atoms with Crippen molar-refractivity contribution in [3.8, 4) is 0 Å². The van der Waals surface area contributed by atoms with Gasteiger partial charge in [-0.05, 0) is 12.8 Å². The summed E-state index contributed by atoms with van der Waals surface area (Å²) in [6.45, 7) is 8.57. The van der Waals surface area contributed by atoms with E-state index in [-0.39, 0.29) is 11.8 Å². The summed E-state index contributed by atoms with van der Waals surface area (Å²) in [5.41, 5.74) is 1.35. The van der Waals surface area contributed by atoms with E-state index in [1.54, 1.807) is 13.3 Å². The highest BCUT2D eigenvalue weighted by Gasteiger charge is 2.15. The lowest BCUT2D eigenvalue weighted by Crippen LogP contribution is -2.33. The van der Waals surface area contributed by atoms with Gasteiger partial charge in [-0.1, -0.05) is 13.8 Å². The van der Waals surface area contributed by atoms with Crippen molar-refractivity contribution in [3.05, 3.63) is 23.3 Å². The summed E-state index contributed by atoms with van der Waals surface area (Å²) in [7, 11) is 1.66. The van der Waals surface area contributed by atoms with Crippen LogP contribution in [0.25, 0.3) is 0 Å². The number of nitrogens with one attached hydrogen (secondary N) is 2. The number of methoxy groups -OCH3 is 1. The highest BCUT2D eigenvalue weighted by Crippen LogP contribution is 2.16. The lowest BCUT2D eigenvalue weighted by molar-refractivity contribution is 0.0951. The van der Waals surface area contributed by atoms with Crippen LogP contribution in [0, 0.1) is 6.92 Å². The zero-order chi connectivity index (χ0) is 15.0. The van der Waals surface area contributed by atoms with Crippen molar-refractivity contribution in [1.82, 2.24) is 20.6 Å². The molecule has 1 heterocycles. The van der Waals surface area contributed by atoms with Crippen LogP contribution in [-0.4, -0.2) is 49.2 Å². The number of aryl methyl sites for hydroxylation is 1. The Morgan fingerprint density at radius 2 is 2.10 bits per heavy atom. The van der Waals surface area contributed by atoms with Gasteiger partial charge in [0.2, 0.25) is 0 Å². The third kappa shape index (κ3) is 5.22. The fourth-order valence-corrected chi connectivity index (χ4v) is 1.76. The van der Waals surface area contributed by atoms with Crippen LogP contribution in [0.5, 0.6) is 0 Å². The molecule has 0 bridgehead atoms. The second-order valence-corrected chi connectivity index (χ2v) is 4.87. The van der Waals surface area contributed by atoms with Gasteiger partial charge in [0.05, 0.1) is 17.9 Å². The van der Waals surface area contributed by atoms with Gasteiger partial charge in [-0.25, -0.2) is 9.97 Å². The first-order valence-corrected chi connectivity index (χ1v) is 6.87. The molecule has 0 aromatic carbocycles. The third-order valence-corrected chi connectivity index (χ3v) is 2.80. The first-order chi connectivity index (χ1) is 9.56. The Morgan fingerprint density at radius 1 is 1.35 bits per heavy atom. The maximum absolute atomic E-state index is 12.1. The Labute approximate surface area is 120 Å². The highest BCUT2D eigenvalue weighted by molar-refractivity contribution is 5.95. The van der Waals surface area contributed by atoms with Crippen LogP contribution in [0.3, 0.4) is 0 Å². The molecule has 1 aromatic rings. The van der Waals surface area contributed by atoms with Crippen LogP contribution in [0.2, 0.25) is 0 Å². The molecule has 0 aliphatic carbocycles. The molecule has 0 saturated carbocycles. The molecular weight excluding hydrogens is 256 g/mol. The van der Waals surface area contributed by atoms with Crippen LogP contribution < -0.4 is 10.6 Å². The minimum atomic E-state index is -0.123. The fraction of sp³-hybridized carbons (Fsp3) is 0.643. The van der Waals surface area contributed by atoms with E-state index in [1.165, 1.54) is 0 Å². The third-order valence-electron chi connectivity index (χ3n) is 2.80. The highest BCUT2D eigenvalue weighted by atomic mass is 16.5. The maximum Gasteiger partial charge on any atom is 0.254 e. The molecule has 0 radical (unpaired) electrons. The van der Waals surface area contributed by atoms with Gasteiger partial charge in [-0.3, -0.25) is 4.79 Å². The van der Waals surface area contributed by atoms with Crippen molar-refractivity contribution < 1.29 is 9.53 Å². The molecule has 1 rings (SSSR count). The molecule has 1 amide bonds. The summed E-state index contributed by atoms with van der Waals surface area (Å²) < 4.78 is 4.93. The van der Waals surface area contributed by atoms with E-state index in [4.69, 9.17) is 4.74 Å². The van der Waals surface area contributed by atoms with E-state index in [1.807, 2.05) is 20.8 Å². The number of hydrogen-bond acceptors (Lipinski definition) is 5. The predicted molar refractivity (Wildman–Crippen MR) is 77.9 cm³/mol. The average molecular weight is 280 g/mol. The quantitative estimate of drug-likeness (QED) is 0.691. The van der Waals surface area contributed by atoms with Crippen molar-refractivity contribution in [1.29, 1.82) is 0 Å². The van der Waals surface area contributed by atoms with E-state index >= 15 is 0 Å². The number of nitrogens with zero attached hydrogens (tertiary/aromatic N) is 2. The Kier molecular flexibility index (Phi) is 7.11. The summed E-state index contributed by atoms with van der Waals surface area (Å²) in [6.07, 6.45) is 1.60. The van der Waals surface area contributed by atoms with Crippen LogP contribution in [0.15, 0.2) is 6.20 Å². The van der Waals surface area contributed by atoms with Gasteiger partial charge in [-0.15, -0.1) is 0 Å². The Hall–Kier alpha value is -1.53. The molecule has 0 atom stereocenters. The second-order valence-electron chi connectivity index (χ2n) is 4.87. The topological polar surface area (TPSA) is 76.1 Å². The largest absolute Gasteiger partial charge is 0.383 e. The van der Waals surface area contributed by atoms with E-state index in [2.05, 4.69) is 20.6 Å². The number of aromatic nitrogens is 2. The van der Waals surface area contributed by atoms with Crippen molar-refractivity contribution in [2.45, 2.75) is 26.7 Å². The SMILES string of the molecule is COCCNCCNC(=O)c1cnc(C)nc1C(C)C. The minimum Gasteiger partial charge on any atom is -0.383 e. The van der Waals surface area contributed by atoms with E-state index in [0.717, 1.165) is 12.2 Å². The Bertz CT molecular complexity index is 435. The smallest absolute Gasteiger partial charge is 0.254 e. The molecule has 0 aliphatic rings. The van der Waals surface area contributed by atoms with Crippen molar-refractivity contribution >= 4 is 5.91 Å². The number of hydrogen-bond donors (Lipinski definition) is 2. The summed E-state index contributed by atoms with van der Waals surface area (Å²) in [5, 5.41) is 6.04. The van der Waals surface area contributed by atoms with Crippen LogP contribution in [0.1, 0.15) is 41.6 Å². The van der Waals surface area contributed by atoms with Crippen molar-refractivity contribution in [3.63, 3.8) is 0 Å². The molecule has 0 spiro atoms. The monoisotopic (exact) mass is 280 g/mol. The number of ether oxygens (including phenoxy) is 1. The molecule has 0 fully saturated rings. The molecule has 0 aliphatic heterocycles. The summed E-state index contributed by atoms with van der Waals surface area (Å²) >= 11 is 0. The van der Waals surface area contributed by atoms with E-state index < -0.39 is 0 Å². The van der Waals surface area contributed by atoms with Gasteiger partial charge in [0.1, 0.15) is 5.82 Å². The summed E-state index contributed by atoms with van der Waals surface area (Å²) in [4.78, 5) is 20.6. The first-order valence-electron chi connectivity index (χ1n) is 6.87. The lowest BCUT2D eigenvalue weighted by atomic mass is 10.0. The van der Waals surface area contributed by atoms with Gasteiger partial charge in [0, 0.05) is 32.9 Å². The van der Waals surface area contributed by atoms with Crippen molar-refractivity contribution in [2.75, 3.05) is 33.4 Å². The van der Waals surface area contributed by atoms with Crippen LogP contribution in [-0.2, 0) is 4.74 Å². The fourth-order valence-electron chi connectivity index (χ4n) is 1.76. The molecule has 0 saturated heterocycles. The standard InChI is InChI=1S/C14H24N4O2/c1-10(2)13-12(9-17-11(3)18-13)14(19)16-6-5-15-7-8-20-4/h9-10,15H,5-8H2,1-4H3,(H,16,19). The molecule has 20 heavy (non-hydrogen) atoms. The van der Waals surface area contributed by atoms with E-state index in [9.17, 15) is 4.79 Å². The summed E-state index contributed by atoms with van der Waals surface area (Å²) in [6, 6.07) is 0. The van der Waals surface area contributed by atoms with Crippen molar-refractivity contribution in [2.24, 2.45) is 0 Å². The maximum atomic E-state index is 12.1. The van der Waals surface area contributed by atoms with Gasteiger partial charge >= 0.3 is 0 Å².